The van der Waals surface area contributed by atoms with E-state index in [1.165, 1.54) is 6.07 Å². The molecule has 0 saturated heterocycles. The molecule has 0 radical (unpaired) electrons. The summed E-state index contributed by atoms with van der Waals surface area (Å²) in [4.78, 5) is 11.1. The van der Waals surface area contributed by atoms with Crippen LogP contribution in [0.2, 0.25) is 10.0 Å². The molecule has 2 aromatic rings. The van der Waals surface area contributed by atoms with Gasteiger partial charge in [0.25, 0.3) is 0 Å². The van der Waals surface area contributed by atoms with Crippen molar-refractivity contribution in [2.45, 2.75) is 0 Å². The predicted molar refractivity (Wildman–Crippen MR) is 77.6 cm³/mol. The number of hydrogen-bond acceptors (Lipinski definition) is 2. The van der Waals surface area contributed by atoms with Crippen LogP contribution in [-0.4, -0.2) is 11.1 Å². The van der Waals surface area contributed by atoms with Crippen molar-refractivity contribution in [2.24, 2.45) is 0 Å². The lowest BCUT2D eigenvalue weighted by Gasteiger charge is -2.10. The molecule has 2 rings (SSSR count). The fraction of sp³-hybridized carbons (Fsp3) is 0. The predicted octanol–water partition coefficient (Wildman–Crippen LogP) is 5.25. The molecular formula is C13H7BrCl2O3. The topological polar surface area (TPSA) is 46.5 Å². The van der Waals surface area contributed by atoms with Crippen molar-refractivity contribution in [3.05, 3.63) is 56.5 Å². The summed E-state index contributed by atoms with van der Waals surface area (Å²) in [6.45, 7) is 0. The van der Waals surface area contributed by atoms with Gasteiger partial charge in [-0.1, -0.05) is 39.1 Å². The molecule has 1 N–H and O–H groups in total. The fourth-order valence-corrected chi connectivity index (χ4v) is 2.32. The number of benzene rings is 2. The second-order valence-corrected chi connectivity index (χ2v) is 5.44. The lowest BCUT2D eigenvalue weighted by molar-refractivity contribution is 0.0694. The Morgan fingerprint density at radius 1 is 1.11 bits per heavy atom. The zero-order valence-corrected chi connectivity index (χ0v) is 12.5. The second kappa shape index (κ2) is 5.82. The standard InChI is InChI=1S/C13H7BrCl2O3/c14-7-1-2-11(13(17)18)12(3-7)19-10-5-8(15)4-9(16)6-10/h1-6H,(H,17,18). The Labute approximate surface area is 127 Å². The number of rotatable bonds is 3. The molecule has 98 valence electrons. The monoisotopic (exact) mass is 360 g/mol. The minimum Gasteiger partial charge on any atom is -0.478 e. The number of ether oxygens (including phenoxy) is 1. The highest BCUT2D eigenvalue weighted by Gasteiger charge is 2.13. The van der Waals surface area contributed by atoms with E-state index in [4.69, 9.17) is 33.0 Å². The van der Waals surface area contributed by atoms with E-state index in [0.717, 1.165) is 0 Å². The molecule has 0 aromatic heterocycles. The highest BCUT2D eigenvalue weighted by Crippen LogP contribution is 2.32. The lowest BCUT2D eigenvalue weighted by Crippen LogP contribution is -1.99. The minimum absolute atomic E-state index is 0.0549. The summed E-state index contributed by atoms with van der Waals surface area (Å²) in [6.07, 6.45) is 0. The van der Waals surface area contributed by atoms with Gasteiger partial charge < -0.3 is 9.84 Å². The van der Waals surface area contributed by atoms with Crippen molar-refractivity contribution in [3.63, 3.8) is 0 Å². The molecular weight excluding hydrogens is 355 g/mol. The number of carbonyl (C=O) groups is 1. The third kappa shape index (κ3) is 3.62. The quantitative estimate of drug-likeness (QED) is 0.812. The molecule has 0 saturated carbocycles. The summed E-state index contributed by atoms with van der Waals surface area (Å²) in [5.41, 5.74) is 0.0549. The SMILES string of the molecule is O=C(O)c1ccc(Br)cc1Oc1cc(Cl)cc(Cl)c1. The molecule has 0 atom stereocenters. The first kappa shape index (κ1) is 14.2. The normalized spacial score (nSPS) is 10.3. The Morgan fingerprint density at radius 2 is 1.74 bits per heavy atom. The molecule has 0 aliphatic carbocycles. The second-order valence-electron chi connectivity index (χ2n) is 3.65. The van der Waals surface area contributed by atoms with Crippen LogP contribution in [0, 0.1) is 0 Å². The van der Waals surface area contributed by atoms with Gasteiger partial charge in [-0.05, 0) is 36.4 Å². The molecule has 0 aliphatic rings. The van der Waals surface area contributed by atoms with Crippen LogP contribution in [0.4, 0.5) is 0 Å². The van der Waals surface area contributed by atoms with Crippen LogP contribution in [0.25, 0.3) is 0 Å². The third-order valence-corrected chi connectivity index (χ3v) is 3.17. The van der Waals surface area contributed by atoms with Crippen molar-refractivity contribution in [1.29, 1.82) is 0 Å². The Bertz CT molecular complexity index is 624. The van der Waals surface area contributed by atoms with Gasteiger partial charge in [-0.3, -0.25) is 0 Å². The molecule has 0 aliphatic heterocycles. The van der Waals surface area contributed by atoms with Crippen LogP contribution in [0.1, 0.15) is 10.4 Å². The van der Waals surface area contributed by atoms with E-state index in [0.29, 0.717) is 20.3 Å². The summed E-state index contributed by atoms with van der Waals surface area (Å²) in [6, 6.07) is 9.32. The van der Waals surface area contributed by atoms with Crippen LogP contribution in [-0.2, 0) is 0 Å². The molecule has 6 heteroatoms. The summed E-state index contributed by atoms with van der Waals surface area (Å²) >= 11 is 15.0. The van der Waals surface area contributed by atoms with Gasteiger partial charge in [0.1, 0.15) is 17.1 Å². The summed E-state index contributed by atoms with van der Waals surface area (Å²) in [5, 5.41) is 9.92. The summed E-state index contributed by atoms with van der Waals surface area (Å²) in [5.74, 6) is -0.492. The van der Waals surface area contributed by atoms with Gasteiger partial charge in [-0.2, -0.15) is 0 Å². The van der Waals surface area contributed by atoms with E-state index < -0.39 is 5.97 Å². The zero-order valence-electron chi connectivity index (χ0n) is 9.36. The largest absolute Gasteiger partial charge is 0.478 e. The highest BCUT2D eigenvalue weighted by atomic mass is 79.9. The fourth-order valence-electron chi connectivity index (χ4n) is 1.47. The maximum atomic E-state index is 11.1. The smallest absolute Gasteiger partial charge is 0.339 e. The molecule has 0 spiro atoms. The molecule has 19 heavy (non-hydrogen) atoms. The molecule has 2 aromatic carbocycles. The molecule has 0 bridgehead atoms. The van der Waals surface area contributed by atoms with Gasteiger partial charge in [-0.15, -0.1) is 0 Å². The van der Waals surface area contributed by atoms with Gasteiger partial charge in [0, 0.05) is 14.5 Å². The number of carboxylic acid groups (broad SMARTS) is 1. The first-order valence-corrected chi connectivity index (χ1v) is 6.67. The van der Waals surface area contributed by atoms with E-state index in [2.05, 4.69) is 15.9 Å². The lowest BCUT2D eigenvalue weighted by atomic mass is 10.2. The Hall–Kier alpha value is -1.23. The van der Waals surface area contributed by atoms with Crippen molar-refractivity contribution < 1.29 is 14.6 Å². The maximum Gasteiger partial charge on any atom is 0.339 e. The van der Waals surface area contributed by atoms with Crippen molar-refractivity contribution >= 4 is 45.1 Å². The Balaban J connectivity index is 2.42. The molecule has 0 fully saturated rings. The number of aromatic carboxylic acids is 1. The van der Waals surface area contributed by atoms with Gasteiger partial charge >= 0.3 is 5.97 Å². The van der Waals surface area contributed by atoms with Crippen molar-refractivity contribution in [3.8, 4) is 11.5 Å². The van der Waals surface area contributed by atoms with Crippen LogP contribution in [0.3, 0.4) is 0 Å². The van der Waals surface area contributed by atoms with E-state index in [-0.39, 0.29) is 11.3 Å². The van der Waals surface area contributed by atoms with E-state index in [9.17, 15) is 4.79 Å². The van der Waals surface area contributed by atoms with Gasteiger partial charge in [-0.25, -0.2) is 4.79 Å². The van der Waals surface area contributed by atoms with Gasteiger partial charge in [0.15, 0.2) is 0 Å². The van der Waals surface area contributed by atoms with E-state index in [1.54, 1.807) is 30.3 Å². The van der Waals surface area contributed by atoms with E-state index >= 15 is 0 Å². The van der Waals surface area contributed by atoms with Gasteiger partial charge in [0.05, 0.1) is 0 Å². The van der Waals surface area contributed by atoms with Crippen molar-refractivity contribution in [2.75, 3.05) is 0 Å². The first-order valence-electron chi connectivity index (χ1n) is 5.12. The molecule has 3 nitrogen and oxygen atoms in total. The Kier molecular flexibility index (Phi) is 4.34. The number of hydrogen-bond donors (Lipinski definition) is 1. The Morgan fingerprint density at radius 3 is 2.32 bits per heavy atom. The molecule has 0 unspecified atom stereocenters. The average molecular weight is 362 g/mol. The van der Waals surface area contributed by atoms with Crippen LogP contribution in [0.5, 0.6) is 11.5 Å². The van der Waals surface area contributed by atoms with Crippen LogP contribution >= 0.6 is 39.1 Å². The number of halogens is 3. The maximum absolute atomic E-state index is 11.1. The molecule has 0 amide bonds. The highest BCUT2D eigenvalue weighted by molar-refractivity contribution is 9.10. The first-order chi connectivity index (χ1) is 8.95. The summed E-state index contributed by atoms with van der Waals surface area (Å²) in [7, 11) is 0. The van der Waals surface area contributed by atoms with Crippen molar-refractivity contribution in [1.82, 2.24) is 0 Å². The summed E-state index contributed by atoms with van der Waals surface area (Å²) < 4.78 is 6.24. The van der Waals surface area contributed by atoms with Crippen LogP contribution in [0.15, 0.2) is 40.9 Å². The van der Waals surface area contributed by atoms with Gasteiger partial charge in [0.2, 0.25) is 0 Å². The molecule has 0 heterocycles. The van der Waals surface area contributed by atoms with E-state index in [1.807, 2.05) is 0 Å². The number of carboxylic acids is 1. The minimum atomic E-state index is -1.07. The average Bonchev–Trinajstić information content (AvgIpc) is 2.26. The van der Waals surface area contributed by atoms with Crippen LogP contribution < -0.4 is 4.74 Å². The zero-order chi connectivity index (χ0) is 14.0. The third-order valence-electron chi connectivity index (χ3n) is 2.24.